The molecule has 0 fully saturated rings. The highest BCUT2D eigenvalue weighted by molar-refractivity contribution is 9.10. The Hall–Kier alpha value is -0.740. The number of amides is 1. The molecular weight excluding hydrogens is 396 g/mol. The maximum atomic E-state index is 12.3. The molecule has 0 radical (unpaired) electrons. The third-order valence-electron chi connectivity index (χ3n) is 2.97. The van der Waals surface area contributed by atoms with Gasteiger partial charge < -0.3 is 5.32 Å². The van der Waals surface area contributed by atoms with Crippen LogP contribution in [0.4, 0.5) is 0 Å². The van der Waals surface area contributed by atoms with Gasteiger partial charge in [-0.25, -0.2) is 0 Å². The summed E-state index contributed by atoms with van der Waals surface area (Å²) in [6.45, 7) is 1.85. The summed E-state index contributed by atoms with van der Waals surface area (Å²) in [6.07, 6.45) is 0. The molecule has 110 valence electrons. The molecule has 0 aliphatic rings. The van der Waals surface area contributed by atoms with E-state index in [4.69, 9.17) is 34.8 Å². The summed E-state index contributed by atoms with van der Waals surface area (Å²) in [5.74, 6) is -0.264. The van der Waals surface area contributed by atoms with E-state index >= 15 is 0 Å². The lowest BCUT2D eigenvalue weighted by molar-refractivity contribution is 0.0940. The molecule has 0 heterocycles. The van der Waals surface area contributed by atoms with E-state index in [0.717, 1.165) is 5.56 Å². The summed E-state index contributed by atoms with van der Waals surface area (Å²) >= 11 is 21.4. The van der Waals surface area contributed by atoms with Crippen LogP contribution in [-0.2, 0) is 0 Å². The molecule has 0 spiro atoms. The average molecular weight is 408 g/mol. The molecule has 2 aromatic carbocycles. The number of carbonyl (C=O) groups excluding carboxylic acids is 1. The molecule has 0 saturated carbocycles. The molecule has 2 rings (SSSR count). The van der Waals surface area contributed by atoms with E-state index in [0.29, 0.717) is 25.1 Å². The van der Waals surface area contributed by atoms with Crippen LogP contribution in [0.5, 0.6) is 0 Å². The third-order valence-corrected chi connectivity index (χ3v) is 4.83. The van der Waals surface area contributed by atoms with Crippen LogP contribution in [0, 0.1) is 0 Å². The molecule has 1 amide bonds. The highest BCUT2D eigenvalue weighted by Gasteiger charge is 2.17. The van der Waals surface area contributed by atoms with Gasteiger partial charge in [-0.15, -0.1) is 0 Å². The Morgan fingerprint density at radius 2 is 1.90 bits per heavy atom. The minimum Gasteiger partial charge on any atom is -0.345 e. The van der Waals surface area contributed by atoms with Crippen molar-refractivity contribution in [2.45, 2.75) is 13.0 Å². The number of carbonyl (C=O) groups is 1. The van der Waals surface area contributed by atoms with E-state index in [9.17, 15) is 4.79 Å². The summed E-state index contributed by atoms with van der Waals surface area (Å²) in [7, 11) is 0. The Labute approximate surface area is 146 Å². The molecule has 0 saturated heterocycles. The van der Waals surface area contributed by atoms with E-state index < -0.39 is 0 Å². The zero-order chi connectivity index (χ0) is 15.6. The predicted octanol–water partition coefficient (Wildman–Crippen LogP) is 5.90. The summed E-state index contributed by atoms with van der Waals surface area (Å²) in [5, 5.41) is 4.31. The third kappa shape index (κ3) is 3.92. The normalized spacial score (nSPS) is 12.0. The molecule has 6 heteroatoms. The highest BCUT2D eigenvalue weighted by Crippen LogP contribution is 2.28. The van der Waals surface area contributed by atoms with Gasteiger partial charge in [0.15, 0.2) is 0 Å². The number of benzene rings is 2. The molecule has 1 unspecified atom stereocenters. The molecular formula is C15H11BrCl3NO. The fourth-order valence-corrected chi connectivity index (χ4v) is 3.03. The van der Waals surface area contributed by atoms with Gasteiger partial charge in [-0.1, -0.05) is 46.9 Å². The van der Waals surface area contributed by atoms with Crippen molar-refractivity contribution in [2.75, 3.05) is 0 Å². The summed E-state index contributed by atoms with van der Waals surface area (Å²) in [4.78, 5) is 12.3. The van der Waals surface area contributed by atoms with Crippen molar-refractivity contribution in [2.24, 2.45) is 0 Å². The number of halogens is 4. The Bertz CT molecular complexity index is 691. The van der Waals surface area contributed by atoms with E-state index in [1.807, 2.05) is 6.92 Å². The van der Waals surface area contributed by atoms with E-state index in [-0.39, 0.29) is 11.9 Å². The Morgan fingerprint density at radius 3 is 2.57 bits per heavy atom. The first-order valence-electron chi connectivity index (χ1n) is 6.10. The standard InChI is InChI=1S/C15H11BrCl3NO/c1-8(10-6-5-9(17)7-13(10)18)20-15(21)11-3-2-4-12(16)14(11)19/h2-8H,1H3,(H,20,21). The van der Waals surface area contributed by atoms with Gasteiger partial charge in [0.1, 0.15) is 0 Å². The summed E-state index contributed by atoms with van der Waals surface area (Å²) in [6, 6.07) is 10.1. The van der Waals surface area contributed by atoms with Gasteiger partial charge in [0.05, 0.1) is 16.6 Å². The zero-order valence-electron chi connectivity index (χ0n) is 11.0. The molecule has 2 aromatic rings. The minimum absolute atomic E-state index is 0.264. The minimum atomic E-state index is -0.266. The van der Waals surface area contributed by atoms with Crippen LogP contribution in [0.1, 0.15) is 28.9 Å². The first kappa shape index (κ1) is 16.6. The molecule has 2 nitrogen and oxygen atoms in total. The predicted molar refractivity (Wildman–Crippen MR) is 91.5 cm³/mol. The second-order valence-corrected chi connectivity index (χ2v) is 6.54. The topological polar surface area (TPSA) is 29.1 Å². The van der Waals surface area contributed by atoms with Crippen LogP contribution in [0.15, 0.2) is 40.9 Å². The van der Waals surface area contributed by atoms with Crippen molar-refractivity contribution in [1.29, 1.82) is 0 Å². The van der Waals surface area contributed by atoms with Crippen molar-refractivity contribution < 1.29 is 4.79 Å². The van der Waals surface area contributed by atoms with Gasteiger partial charge >= 0.3 is 0 Å². The van der Waals surface area contributed by atoms with Gasteiger partial charge in [0.25, 0.3) is 5.91 Å². The van der Waals surface area contributed by atoms with Crippen molar-refractivity contribution in [3.8, 4) is 0 Å². The summed E-state index contributed by atoms with van der Waals surface area (Å²) < 4.78 is 0.675. The van der Waals surface area contributed by atoms with Crippen LogP contribution < -0.4 is 5.32 Å². The molecule has 1 N–H and O–H groups in total. The van der Waals surface area contributed by atoms with E-state index in [1.54, 1.807) is 36.4 Å². The van der Waals surface area contributed by atoms with Gasteiger partial charge in [0.2, 0.25) is 0 Å². The first-order chi connectivity index (χ1) is 9.90. The maximum absolute atomic E-state index is 12.3. The van der Waals surface area contributed by atoms with Crippen LogP contribution in [0.2, 0.25) is 15.1 Å². The number of nitrogens with one attached hydrogen (secondary N) is 1. The van der Waals surface area contributed by atoms with Crippen LogP contribution in [0.3, 0.4) is 0 Å². The molecule has 1 atom stereocenters. The van der Waals surface area contributed by atoms with Crippen molar-refractivity contribution in [3.63, 3.8) is 0 Å². The molecule has 0 aliphatic carbocycles. The lowest BCUT2D eigenvalue weighted by atomic mass is 10.1. The summed E-state index contributed by atoms with van der Waals surface area (Å²) in [5.41, 5.74) is 1.20. The molecule has 0 bridgehead atoms. The lowest BCUT2D eigenvalue weighted by Crippen LogP contribution is -2.27. The molecule has 0 aromatic heterocycles. The zero-order valence-corrected chi connectivity index (χ0v) is 14.8. The van der Waals surface area contributed by atoms with Gasteiger partial charge in [-0.3, -0.25) is 4.79 Å². The number of hydrogen-bond donors (Lipinski definition) is 1. The quantitative estimate of drug-likeness (QED) is 0.674. The van der Waals surface area contributed by atoms with Crippen molar-refractivity contribution >= 4 is 56.6 Å². The monoisotopic (exact) mass is 405 g/mol. The number of hydrogen-bond acceptors (Lipinski definition) is 1. The van der Waals surface area contributed by atoms with E-state index in [2.05, 4.69) is 21.2 Å². The van der Waals surface area contributed by atoms with Crippen molar-refractivity contribution in [1.82, 2.24) is 5.32 Å². The SMILES string of the molecule is CC(NC(=O)c1cccc(Br)c1Cl)c1ccc(Cl)cc1Cl. The fourth-order valence-electron chi connectivity index (χ4n) is 1.88. The highest BCUT2D eigenvalue weighted by atomic mass is 79.9. The molecule has 0 aliphatic heterocycles. The second kappa shape index (κ2) is 7.01. The molecule has 21 heavy (non-hydrogen) atoms. The Balaban J connectivity index is 2.21. The lowest BCUT2D eigenvalue weighted by Gasteiger charge is -2.16. The van der Waals surface area contributed by atoms with Gasteiger partial charge in [0, 0.05) is 14.5 Å². The smallest absolute Gasteiger partial charge is 0.253 e. The van der Waals surface area contributed by atoms with Gasteiger partial charge in [-0.05, 0) is 52.7 Å². The second-order valence-electron chi connectivity index (χ2n) is 4.46. The van der Waals surface area contributed by atoms with Gasteiger partial charge in [-0.2, -0.15) is 0 Å². The van der Waals surface area contributed by atoms with Crippen LogP contribution >= 0.6 is 50.7 Å². The largest absolute Gasteiger partial charge is 0.345 e. The average Bonchev–Trinajstić information content (AvgIpc) is 2.41. The van der Waals surface area contributed by atoms with Crippen LogP contribution in [0.25, 0.3) is 0 Å². The van der Waals surface area contributed by atoms with E-state index in [1.165, 1.54) is 0 Å². The fraction of sp³-hybridized carbons (Fsp3) is 0.133. The van der Waals surface area contributed by atoms with Crippen molar-refractivity contribution in [3.05, 3.63) is 67.1 Å². The Kier molecular flexibility index (Phi) is 5.55. The Morgan fingerprint density at radius 1 is 1.19 bits per heavy atom. The number of rotatable bonds is 3. The maximum Gasteiger partial charge on any atom is 0.253 e. The van der Waals surface area contributed by atoms with Crippen LogP contribution in [-0.4, -0.2) is 5.91 Å². The first-order valence-corrected chi connectivity index (χ1v) is 8.02.